The van der Waals surface area contributed by atoms with Crippen LogP contribution >= 0.6 is 35.6 Å². The zero-order valence-electron chi connectivity index (χ0n) is 16.0. The lowest BCUT2D eigenvalue weighted by atomic mass is 10.2. The number of nitrogens with zero attached hydrogens (tertiary/aromatic N) is 1. The van der Waals surface area contributed by atoms with Gasteiger partial charge in [-0.05, 0) is 36.4 Å². The number of ether oxygens (including phenoxy) is 1. The first-order valence-corrected chi connectivity index (χ1v) is 9.42. The van der Waals surface area contributed by atoms with Crippen LogP contribution in [0, 0.1) is 0 Å². The smallest absolute Gasteiger partial charge is 0.252 e. The SMILES string of the molecule is I.NC(=NCCNC(=O)c1ccccc1Cl)Nc1cccc(Oc2ccccc2)c1. The summed E-state index contributed by atoms with van der Waals surface area (Å²) in [5.41, 5.74) is 7.10. The number of rotatable bonds is 7. The number of amides is 1. The minimum atomic E-state index is -0.247. The summed E-state index contributed by atoms with van der Waals surface area (Å²) in [6.45, 7) is 0.666. The molecule has 0 saturated heterocycles. The summed E-state index contributed by atoms with van der Waals surface area (Å²) in [5.74, 6) is 1.43. The molecule has 0 radical (unpaired) electrons. The summed E-state index contributed by atoms with van der Waals surface area (Å²) in [6.07, 6.45) is 0. The van der Waals surface area contributed by atoms with E-state index in [1.54, 1.807) is 24.3 Å². The van der Waals surface area contributed by atoms with Gasteiger partial charge in [0.2, 0.25) is 0 Å². The molecular formula is C22H22ClIN4O2. The van der Waals surface area contributed by atoms with Crippen molar-refractivity contribution in [1.29, 1.82) is 0 Å². The van der Waals surface area contributed by atoms with Crippen molar-refractivity contribution in [3.63, 3.8) is 0 Å². The predicted molar refractivity (Wildman–Crippen MR) is 132 cm³/mol. The van der Waals surface area contributed by atoms with E-state index >= 15 is 0 Å². The lowest BCUT2D eigenvalue weighted by Gasteiger charge is -2.09. The predicted octanol–water partition coefficient (Wildman–Crippen LogP) is 4.91. The van der Waals surface area contributed by atoms with E-state index in [-0.39, 0.29) is 35.8 Å². The lowest BCUT2D eigenvalue weighted by Crippen LogP contribution is -2.28. The molecular weight excluding hydrogens is 515 g/mol. The Balaban J connectivity index is 0.00000320. The maximum absolute atomic E-state index is 12.1. The van der Waals surface area contributed by atoms with Crippen LogP contribution in [-0.4, -0.2) is 25.0 Å². The Kier molecular flexibility index (Phi) is 9.43. The summed E-state index contributed by atoms with van der Waals surface area (Å²) in [7, 11) is 0. The molecule has 0 aliphatic rings. The van der Waals surface area contributed by atoms with Crippen molar-refractivity contribution < 1.29 is 9.53 Å². The first-order chi connectivity index (χ1) is 14.1. The highest BCUT2D eigenvalue weighted by atomic mass is 127. The van der Waals surface area contributed by atoms with Gasteiger partial charge >= 0.3 is 0 Å². The molecule has 0 aliphatic carbocycles. The molecule has 3 aromatic carbocycles. The van der Waals surface area contributed by atoms with E-state index < -0.39 is 0 Å². The zero-order chi connectivity index (χ0) is 20.5. The molecule has 8 heteroatoms. The number of hydrogen-bond donors (Lipinski definition) is 3. The van der Waals surface area contributed by atoms with Crippen LogP contribution in [0.2, 0.25) is 5.02 Å². The average Bonchev–Trinajstić information content (AvgIpc) is 2.72. The molecule has 0 aliphatic heterocycles. The number of carbonyl (C=O) groups excluding carboxylic acids is 1. The minimum absolute atomic E-state index is 0. The van der Waals surface area contributed by atoms with Crippen molar-refractivity contribution in [3.05, 3.63) is 89.4 Å². The van der Waals surface area contributed by atoms with Gasteiger partial charge in [-0.2, -0.15) is 0 Å². The Morgan fingerprint density at radius 3 is 2.43 bits per heavy atom. The third-order valence-electron chi connectivity index (χ3n) is 3.88. The number of guanidine groups is 1. The van der Waals surface area contributed by atoms with E-state index in [1.165, 1.54) is 0 Å². The Labute approximate surface area is 197 Å². The van der Waals surface area contributed by atoms with Crippen LogP contribution < -0.4 is 21.1 Å². The van der Waals surface area contributed by atoms with Gasteiger partial charge in [0, 0.05) is 18.3 Å². The van der Waals surface area contributed by atoms with Gasteiger partial charge in [0.15, 0.2) is 5.96 Å². The van der Waals surface area contributed by atoms with Gasteiger partial charge in [-0.1, -0.05) is 48.0 Å². The van der Waals surface area contributed by atoms with Gasteiger partial charge in [0.25, 0.3) is 5.91 Å². The van der Waals surface area contributed by atoms with Gasteiger partial charge < -0.3 is 21.1 Å². The fourth-order valence-corrected chi connectivity index (χ4v) is 2.76. The molecule has 0 bridgehead atoms. The average molecular weight is 537 g/mol. The molecule has 0 spiro atoms. The van der Waals surface area contributed by atoms with Crippen LogP contribution in [0.1, 0.15) is 10.4 Å². The van der Waals surface area contributed by atoms with Crippen molar-refractivity contribution in [1.82, 2.24) is 5.32 Å². The molecule has 1 amide bonds. The van der Waals surface area contributed by atoms with Crippen LogP contribution in [-0.2, 0) is 0 Å². The molecule has 3 aromatic rings. The summed E-state index contributed by atoms with van der Waals surface area (Å²) in [4.78, 5) is 16.3. The van der Waals surface area contributed by atoms with E-state index in [0.717, 1.165) is 11.4 Å². The van der Waals surface area contributed by atoms with Crippen LogP contribution in [0.5, 0.6) is 11.5 Å². The quantitative estimate of drug-likeness (QED) is 0.173. The summed E-state index contributed by atoms with van der Waals surface area (Å²) >= 11 is 6.01. The highest BCUT2D eigenvalue weighted by Crippen LogP contribution is 2.23. The fourth-order valence-electron chi connectivity index (χ4n) is 2.54. The number of nitrogens with one attached hydrogen (secondary N) is 2. The number of benzene rings is 3. The van der Waals surface area contributed by atoms with Crippen molar-refractivity contribution >= 4 is 53.1 Å². The topological polar surface area (TPSA) is 88.7 Å². The molecule has 6 nitrogen and oxygen atoms in total. The van der Waals surface area contributed by atoms with Crippen molar-refractivity contribution in [2.24, 2.45) is 10.7 Å². The molecule has 0 fully saturated rings. The molecule has 4 N–H and O–H groups in total. The Morgan fingerprint density at radius 2 is 1.67 bits per heavy atom. The standard InChI is InChI=1S/C22H21ClN4O2.HI/c23-20-12-5-4-11-19(20)21(28)25-13-14-26-22(24)27-16-7-6-10-18(15-16)29-17-8-2-1-3-9-17;/h1-12,15H,13-14H2,(H,25,28)(H3,24,26,27);1H. The Bertz CT molecular complexity index is 999. The van der Waals surface area contributed by atoms with Crippen molar-refractivity contribution in [3.8, 4) is 11.5 Å². The van der Waals surface area contributed by atoms with E-state index in [0.29, 0.717) is 29.4 Å². The number of anilines is 1. The number of halogens is 2. The van der Waals surface area contributed by atoms with Crippen LogP contribution in [0.25, 0.3) is 0 Å². The Morgan fingerprint density at radius 1 is 0.967 bits per heavy atom. The second-order valence-corrected chi connectivity index (χ2v) is 6.48. The van der Waals surface area contributed by atoms with Gasteiger partial charge in [-0.25, -0.2) is 0 Å². The fraction of sp³-hybridized carbons (Fsp3) is 0.0909. The normalized spacial score (nSPS) is 10.6. The van der Waals surface area contributed by atoms with Crippen molar-refractivity contribution in [2.75, 3.05) is 18.4 Å². The lowest BCUT2D eigenvalue weighted by molar-refractivity contribution is 0.0955. The maximum Gasteiger partial charge on any atom is 0.252 e. The maximum atomic E-state index is 12.1. The number of nitrogens with two attached hydrogens (primary N) is 1. The summed E-state index contributed by atoms with van der Waals surface area (Å²) < 4.78 is 5.80. The highest BCUT2D eigenvalue weighted by molar-refractivity contribution is 14.0. The van der Waals surface area contributed by atoms with Gasteiger partial charge in [0.05, 0.1) is 17.1 Å². The van der Waals surface area contributed by atoms with E-state index in [1.807, 2.05) is 54.6 Å². The minimum Gasteiger partial charge on any atom is -0.457 e. The molecule has 0 unspecified atom stereocenters. The molecule has 30 heavy (non-hydrogen) atoms. The first-order valence-electron chi connectivity index (χ1n) is 9.04. The van der Waals surface area contributed by atoms with Crippen LogP contribution in [0.15, 0.2) is 83.9 Å². The third-order valence-corrected chi connectivity index (χ3v) is 4.21. The van der Waals surface area contributed by atoms with Gasteiger partial charge in [0.1, 0.15) is 11.5 Å². The van der Waals surface area contributed by atoms with Gasteiger partial charge in [-0.15, -0.1) is 24.0 Å². The number of aliphatic imine (C=N–C) groups is 1. The largest absolute Gasteiger partial charge is 0.457 e. The van der Waals surface area contributed by atoms with E-state index in [4.69, 9.17) is 22.1 Å². The first kappa shape index (κ1) is 23.5. The van der Waals surface area contributed by atoms with E-state index in [2.05, 4.69) is 15.6 Å². The van der Waals surface area contributed by atoms with Crippen LogP contribution in [0.3, 0.4) is 0 Å². The molecule has 156 valence electrons. The van der Waals surface area contributed by atoms with Gasteiger partial charge in [-0.3, -0.25) is 9.79 Å². The molecule has 3 rings (SSSR count). The molecule has 0 saturated carbocycles. The van der Waals surface area contributed by atoms with E-state index in [9.17, 15) is 4.79 Å². The second kappa shape index (κ2) is 12.0. The van der Waals surface area contributed by atoms with Crippen molar-refractivity contribution in [2.45, 2.75) is 0 Å². The summed E-state index contributed by atoms with van der Waals surface area (Å²) in [6, 6.07) is 23.8. The number of para-hydroxylation sites is 1. The molecule has 0 atom stereocenters. The van der Waals surface area contributed by atoms with Crippen LogP contribution in [0.4, 0.5) is 5.69 Å². The highest BCUT2D eigenvalue weighted by Gasteiger charge is 2.08. The second-order valence-electron chi connectivity index (χ2n) is 6.07. The monoisotopic (exact) mass is 536 g/mol. The summed E-state index contributed by atoms with van der Waals surface area (Å²) in [5, 5.41) is 6.18. The number of carbonyl (C=O) groups is 1. The Hall–Kier alpha value is -2.78. The third kappa shape index (κ3) is 7.23. The molecule has 0 heterocycles. The number of hydrogen-bond acceptors (Lipinski definition) is 3. The zero-order valence-corrected chi connectivity index (χ0v) is 19.1. The molecule has 0 aromatic heterocycles.